The van der Waals surface area contributed by atoms with Crippen molar-refractivity contribution in [2.24, 2.45) is 0 Å². The molecule has 0 N–H and O–H groups in total. The minimum absolute atomic E-state index is 0.210. The SMILES string of the molecule is Fc1ccc(C2CCCCN2c2ccc(F)cc2)cc1. The number of hydrogen-bond acceptors (Lipinski definition) is 1. The molecule has 1 heterocycles. The molecule has 1 atom stereocenters. The lowest BCUT2D eigenvalue weighted by atomic mass is 9.94. The van der Waals surface area contributed by atoms with Gasteiger partial charge in [0, 0.05) is 12.2 Å². The van der Waals surface area contributed by atoms with Gasteiger partial charge in [0.05, 0.1) is 6.04 Å². The highest BCUT2D eigenvalue weighted by molar-refractivity contribution is 5.49. The van der Waals surface area contributed by atoms with E-state index in [2.05, 4.69) is 4.90 Å². The predicted octanol–water partition coefficient (Wildman–Crippen LogP) is 4.70. The van der Waals surface area contributed by atoms with Gasteiger partial charge in [0.15, 0.2) is 0 Å². The fourth-order valence-electron chi connectivity index (χ4n) is 2.90. The zero-order valence-corrected chi connectivity index (χ0v) is 11.2. The van der Waals surface area contributed by atoms with Crippen molar-refractivity contribution in [1.29, 1.82) is 0 Å². The van der Waals surface area contributed by atoms with Crippen LogP contribution >= 0.6 is 0 Å². The predicted molar refractivity (Wildman–Crippen MR) is 76.7 cm³/mol. The van der Waals surface area contributed by atoms with Gasteiger partial charge in [-0.05, 0) is 61.2 Å². The van der Waals surface area contributed by atoms with E-state index in [1.807, 2.05) is 24.3 Å². The molecule has 0 bridgehead atoms. The van der Waals surface area contributed by atoms with E-state index in [0.29, 0.717) is 0 Å². The first-order valence-electron chi connectivity index (χ1n) is 7.02. The largest absolute Gasteiger partial charge is 0.364 e. The Bertz CT molecular complexity index is 509. The maximum atomic E-state index is 13.1. The third-order valence-electron chi connectivity index (χ3n) is 3.92. The van der Waals surface area contributed by atoms with E-state index < -0.39 is 0 Å². The summed E-state index contributed by atoms with van der Waals surface area (Å²) >= 11 is 0. The molecule has 0 amide bonds. The molecule has 0 spiro atoms. The first-order chi connectivity index (χ1) is 9.74. The average Bonchev–Trinajstić information content (AvgIpc) is 2.49. The summed E-state index contributed by atoms with van der Waals surface area (Å²) in [5.41, 5.74) is 2.15. The van der Waals surface area contributed by atoms with Crippen LogP contribution in [0.1, 0.15) is 30.9 Å². The third-order valence-corrected chi connectivity index (χ3v) is 3.92. The van der Waals surface area contributed by atoms with Gasteiger partial charge < -0.3 is 4.90 Å². The third kappa shape index (κ3) is 2.67. The first kappa shape index (κ1) is 13.1. The molecule has 0 saturated carbocycles. The van der Waals surface area contributed by atoms with E-state index in [1.165, 1.54) is 30.7 Å². The molecular formula is C17H17F2N. The fourth-order valence-corrected chi connectivity index (χ4v) is 2.90. The fraction of sp³-hybridized carbons (Fsp3) is 0.294. The number of benzene rings is 2. The highest BCUT2D eigenvalue weighted by Crippen LogP contribution is 2.35. The number of hydrogen-bond donors (Lipinski definition) is 0. The number of piperidine rings is 1. The average molecular weight is 273 g/mol. The maximum Gasteiger partial charge on any atom is 0.123 e. The Kier molecular flexibility index (Phi) is 3.68. The minimum atomic E-state index is -0.218. The van der Waals surface area contributed by atoms with Gasteiger partial charge in [0.25, 0.3) is 0 Å². The van der Waals surface area contributed by atoms with Gasteiger partial charge in [-0.1, -0.05) is 12.1 Å². The number of anilines is 1. The minimum Gasteiger partial charge on any atom is -0.364 e. The molecule has 1 aliphatic heterocycles. The molecule has 0 aromatic heterocycles. The van der Waals surface area contributed by atoms with Crippen molar-refractivity contribution in [3.63, 3.8) is 0 Å². The molecule has 3 rings (SSSR count). The quantitative estimate of drug-likeness (QED) is 0.766. The van der Waals surface area contributed by atoms with Crippen LogP contribution in [0.5, 0.6) is 0 Å². The molecule has 1 aliphatic rings. The summed E-state index contributed by atoms with van der Waals surface area (Å²) in [4.78, 5) is 2.29. The zero-order valence-electron chi connectivity index (χ0n) is 11.2. The van der Waals surface area contributed by atoms with Crippen molar-refractivity contribution >= 4 is 5.69 Å². The van der Waals surface area contributed by atoms with Crippen LogP contribution in [0.4, 0.5) is 14.5 Å². The van der Waals surface area contributed by atoms with Gasteiger partial charge >= 0.3 is 0 Å². The van der Waals surface area contributed by atoms with Crippen molar-refractivity contribution < 1.29 is 8.78 Å². The number of halogens is 2. The lowest BCUT2D eigenvalue weighted by Gasteiger charge is -2.38. The van der Waals surface area contributed by atoms with Gasteiger partial charge in [0.1, 0.15) is 11.6 Å². The summed E-state index contributed by atoms with van der Waals surface area (Å²) in [7, 11) is 0. The van der Waals surface area contributed by atoms with Gasteiger partial charge in [-0.3, -0.25) is 0 Å². The lowest BCUT2D eigenvalue weighted by molar-refractivity contribution is 0.472. The second-order valence-corrected chi connectivity index (χ2v) is 5.23. The van der Waals surface area contributed by atoms with Crippen molar-refractivity contribution in [2.75, 3.05) is 11.4 Å². The molecular weight excluding hydrogens is 256 g/mol. The summed E-state index contributed by atoms with van der Waals surface area (Å²) in [5, 5.41) is 0. The summed E-state index contributed by atoms with van der Waals surface area (Å²) in [6.07, 6.45) is 3.35. The van der Waals surface area contributed by atoms with Crippen molar-refractivity contribution in [2.45, 2.75) is 25.3 Å². The summed E-state index contributed by atoms with van der Waals surface area (Å²) in [6, 6.07) is 13.6. The van der Waals surface area contributed by atoms with Crippen LogP contribution < -0.4 is 4.90 Å². The molecule has 0 radical (unpaired) electrons. The van der Waals surface area contributed by atoms with Gasteiger partial charge in [0.2, 0.25) is 0 Å². The molecule has 1 saturated heterocycles. The summed E-state index contributed by atoms with van der Waals surface area (Å²) < 4.78 is 26.1. The van der Waals surface area contributed by atoms with Crippen molar-refractivity contribution in [1.82, 2.24) is 0 Å². The van der Waals surface area contributed by atoms with Crippen LogP contribution in [-0.4, -0.2) is 6.54 Å². The van der Waals surface area contributed by atoms with E-state index in [1.54, 1.807) is 0 Å². The zero-order chi connectivity index (χ0) is 13.9. The molecule has 1 fully saturated rings. The van der Waals surface area contributed by atoms with Crippen molar-refractivity contribution in [3.05, 3.63) is 65.7 Å². The molecule has 20 heavy (non-hydrogen) atoms. The van der Waals surface area contributed by atoms with Crippen molar-refractivity contribution in [3.8, 4) is 0 Å². The van der Waals surface area contributed by atoms with Gasteiger partial charge in [-0.2, -0.15) is 0 Å². The van der Waals surface area contributed by atoms with E-state index in [-0.39, 0.29) is 17.7 Å². The second-order valence-electron chi connectivity index (χ2n) is 5.23. The molecule has 1 unspecified atom stereocenters. The summed E-state index contributed by atoms with van der Waals surface area (Å²) in [6.45, 7) is 0.952. The smallest absolute Gasteiger partial charge is 0.123 e. The van der Waals surface area contributed by atoms with Crippen LogP contribution in [-0.2, 0) is 0 Å². The van der Waals surface area contributed by atoms with Crippen LogP contribution in [0, 0.1) is 11.6 Å². The van der Waals surface area contributed by atoms with Crippen LogP contribution in [0.3, 0.4) is 0 Å². The molecule has 2 aromatic carbocycles. The monoisotopic (exact) mass is 273 g/mol. The standard InChI is InChI=1S/C17H17F2N/c18-14-6-4-13(5-7-14)17-3-1-2-12-20(17)16-10-8-15(19)9-11-16/h4-11,17H,1-3,12H2. The van der Waals surface area contributed by atoms with Gasteiger partial charge in [-0.15, -0.1) is 0 Å². The Labute approximate surface area is 117 Å². The lowest BCUT2D eigenvalue weighted by Crippen LogP contribution is -2.33. The molecule has 3 heteroatoms. The van der Waals surface area contributed by atoms with Crippen LogP contribution in [0.25, 0.3) is 0 Å². The second kappa shape index (κ2) is 5.61. The Hall–Kier alpha value is -1.90. The van der Waals surface area contributed by atoms with E-state index in [4.69, 9.17) is 0 Å². The normalized spacial score (nSPS) is 19.1. The Morgan fingerprint density at radius 1 is 0.800 bits per heavy atom. The number of nitrogens with zero attached hydrogens (tertiary/aromatic N) is 1. The number of rotatable bonds is 2. The van der Waals surface area contributed by atoms with Crippen LogP contribution in [0.2, 0.25) is 0 Å². The van der Waals surface area contributed by atoms with E-state index in [0.717, 1.165) is 30.6 Å². The molecule has 104 valence electrons. The Morgan fingerprint density at radius 3 is 2.05 bits per heavy atom. The summed E-state index contributed by atoms with van der Waals surface area (Å²) in [5.74, 6) is -0.429. The highest BCUT2D eigenvalue weighted by atomic mass is 19.1. The molecule has 2 aromatic rings. The molecule has 1 nitrogen and oxygen atoms in total. The maximum absolute atomic E-state index is 13.1. The van der Waals surface area contributed by atoms with Crippen LogP contribution in [0.15, 0.2) is 48.5 Å². The Balaban J connectivity index is 1.90. The Morgan fingerprint density at radius 2 is 1.40 bits per heavy atom. The van der Waals surface area contributed by atoms with Gasteiger partial charge in [-0.25, -0.2) is 8.78 Å². The van der Waals surface area contributed by atoms with E-state index in [9.17, 15) is 8.78 Å². The first-order valence-corrected chi connectivity index (χ1v) is 7.02. The van der Waals surface area contributed by atoms with E-state index >= 15 is 0 Å². The molecule has 0 aliphatic carbocycles. The topological polar surface area (TPSA) is 3.24 Å². The highest BCUT2D eigenvalue weighted by Gasteiger charge is 2.24.